The van der Waals surface area contributed by atoms with Gasteiger partial charge in [-0.3, -0.25) is 14.9 Å². The molecule has 0 atom stereocenters. The Kier molecular flexibility index (Phi) is 6.71. The molecule has 1 aliphatic rings. The molecule has 3 N–H and O–H groups in total. The first-order chi connectivity index (χ1) is 10.4. The van der Waals surface area contributed by atoms with E-state index in [1.807, 2.05) is 7.05 Å². The van der Waals surface area contributed by atoms with Crippen LogP contribution in [0, 0.1) is 21.8 Å². The van der Waals surface area contributed by atoms with Gasteiger partial charge in [0.05, 0.1) is 16.6 Å². The highest BCUT2D eigenvalue weighted by atomic mass is 35.5. The van der Waals surface area contributed by atoms with Gasteiger partial charge in [-0.1, -0.05) is 0 Å². The predicted molar refractivity (Wildman–Crippen MR) is 87.3 cm³/mol. The van der Waals surface area contributed by atoms with Crippen LogP contribution in [-0.2, 0) is 0 Å². The Labute approximate surface area is 139 Å². The van der Waals surface area contributed by atoms with Crippen molar-refractivity contribution >= 4 is 29.7 Å². The number of halogens is 2. The maximum atomic E-state index is 13.5. The topological polar surface area (TPSA) is 102 Å². The zero-order valence-electron chi connectivity index (χ0n) is 12.8. The smallest absolute Gasteiger partial charge is 0.295 e. The molecule has 1 amide bonds. The third-order valence-electron chi connectivity index (χ3n) is 3.94. The molecule has 0 radical (unpaired) electrons. The van der Waals surface area contributed by atoms with Gasteiger partial charge < -0.3 is 16.0 Å². The number of benzene rings is 1. The normalized spacial score (nSPS) is 15.1. The minimum atomic E-state index is -0.839. The number of carbonyl (C=O) groups excluding carboxylic acids is 1. The van der Waals surface area contributed by atoms with Crippen LogP contribution in [0.25, 0.3) is 0 Å². The van der Waals surface area contributed by atoms with Gasteiger partial charge in [-0.15, -0.1) is 12.4 Å². The van der Waals surface area contributed by atoms with Gasteiger partial charge in [0.2, 0.25) is 0 Å². The molecular formula is C14H20ClFN4O3. The van der Waals surface area contributed by atoms with Crippen LogP contribution in [-0.4, -0.2) is 42.4 Å². The molecule has 1 aromatic rings. The highest BCUT2D eigenvalue weighted by Gasteiger charge is 2.28. The summed E-state index contributed by atoms with van der Waals surface area (Å²) in [7, 11) is 1.88. The van der Waals surface area contributed by atoms with E-state index in [-0.39, 0.29) is 23.7 Å². The number of nitrogens with zero attached hydrogens (tertiary/aromatic N) is 2. The summed E-state index contributed by atoms with van der Waals surface area (Å²) in [4.78, 5) is 24.1. The minimum absolute atomic E-state index is 0. The van der Waals surface area contributed by atoms with Gasteiger partial charge >= 0.3 is 0 Å². The maximum absolute atomic E-state index is 13.5. The first-order valence-electron chi connectivity index (χ1n) is 7.11. The molecule has 0 aromatic heterocycles. The number of nitrogens with two attached hydrogens (primary N) is 1. The van der Waals surface area contributed by atoms with Gasteiger partial charge in [-0.2, -0.15) is 0 Å². The van der Waals surface area contributed by atoms with Gasteiger partial charge in [-0.05, 0) is 38.4 Å². The quantitative estimate of drug-likeness (QED) is 0.492. The van der Waals surface area contributed by atoms with Crippen molar-refractivity contribution in [3.05, 3.63) is 33.6 Å². The number of amides is 1. The number of nitro benzene ring substituents is 1. The van der Waals surface area contributed by atoms with Crippen molar-refractivity contribution in [1.82, 2.24) is 10.2 Å². The van der Waals surface area contributed by atoms with Crippen molar-refractivity contribution in [3.63, 3.8) is 0 Å². The standard InChI is InChI=1S/C14H19FN4O3.ClH/c1-17-8-9-2-4-18(5-3-9)14(20)11-6-10(15)7-12(13(11)16)19(21)22;/h6-7,9,17H,2-5,8,16H2,1H3;1H. The third-order valence-corrected chi connectivity index (χ3v) is 3.94. The van der Waals surface area contributed by atoms with Crippen LogP contribution in [0.2, 0.25) is 0 Å². The van der Waals surface area contributed by atoms with Gasteiger partial charge in [0.1, 0.15) is 11.5 Å². The first kappa shape index (κ1) is 19.1. The van der Waals surface area contributed by atoms with E-state index >= 15 is 0 Å². The molecule has 0 saturated carbocycles. The fourth-order valence-electron chi connectivity index (χ4n) is 2.73. The number of nitro groups is 1. The van der Waals surface area contributed by atoms with Crippen molar-refractivity contribution in [2.24, 2.45) is 5.92 Å². The molecule has 0 aliphatic carbocycles. The summed E-state index contributed by atoms with van der Waals surface area (Å²) in [5.41, 5.74) is 4.67. The summed E-state index contributed by atoms with van der Waals surface area (Å²) in [5, 5.41) is 14.0. The van der Waals surface area contributed by atoms with E-state index in [1.165, 1.54) is 0 Å². The summed E-state index contributed by atoms with van der Waals surface area (Å²) in [6.45, 7) is 1.96. The van der Waals surface area contributed by atoms with Crippen LogP contribution in [0.5, 0.6) is 0 Å². The Morgan fingerprint density at radius 2 is 2.09 bits per heavy atom. The Balaban J connectivity index is 0.00000264. The zero-order valence-corrected chi connectivity index (χ0v) is 13.6. The number of piperidine rings is 1. The van der Waals surface area contributed by atoms with Crippen LogP contribution in [0.15, 0.2) is 12.1 Å². The van der Waals surface area contributed by atoms with E-state index in [2.05, 4.69) is 5.32 Å². The fraction of sp³-hybridized carbons (Fsp3) is 0.500. The second-order valence-electron chi connectivity index (χ2n) is 5.44. The van der Waals surface area contributed by atoms with Crippen molar-refractivity contribution < 1.29 is 14.1 Å². The highest BCUT2D eigenvalue weighted by Crippen LogP contribution is 2.29. The highest BCUT2D eigenvalue weighted by molar-refractivity contribution is 6.01. The van der Waals surface area contributed by atoms with Crippen molar-refractivity contribution in [1.29, 1.82) is 0 Å². The number of rotatable bonds is 4. The van der Waals surface area contributed by atoms with E-state index in [0.717, 1.165) is 31.5 Å². The largest absolute Gasteiger partial charge is 0.393 e. The Morgan fingerprint density at radius 1 is 1.48 bits per heavy atom. The number of nitrogen functional groups attached to an aromatic ring is 1. The van der Waals surface area contributed by atoms with Crippen LogP contribution in [0.1, 0.15) is 23.2 Å². The summed E-state index contributed by atoms with van der Waals surface area (Å²) < 4.78 is 13.5. The zero-order chi connectivity index (χ0) is 16.3. The molecule has 23 heavy (non-hydrogen) atoms. The van der Waals surface area contributed by atoms with E-state index in [0.29, 0.717) is 19.0 Å². The molecular weight excluding hydrogens is 327 g/mol. The molecule has 2 rings (SSSR count). The predicted octanol–water partition coefficient (Wildman–Crippen LogP) is 1.81. The van der Waals surface area contributed by atoms with Gasteiger partial charge in [-0.25, -0.2) is 4.39 Å². The molecule has 0 unspecified atom stereocenters. The number of hydrogen-bond donors (Lipinski definition) is 2. The second-order valence-corrected chi connectivity index (χ2v) is 5.44. The lowest BCUT2D eigenvalue weighted by atomic mass is 9.96. The van der Waals surface area contributed by atoms with Crippen molar-refractivity contribution in [2.45, 2.75) is 12.8 Å². The molecule has 1 fully saturated rings. The fourth-order valence-corrected chi connectivity index (χ4v) is 2.73. The van der Waals surface area contributed by atoms with Crippen LogP contribution >= 0.6 is 12.4 Å². The lowest BCUT2D eigenvalue weighted by Crippen LogP contribution is -2.40. The lowest BCUT2D eigenvalue weighted by molar-refractivity contribution is -0.384. The minimum Gasteiger partial charge on any atom is -0.393 e. The molecule has 9 heteroatoms. The molecule has 128 valence electrons. The maximum Gasteiger partial charge on any atom is 0.295 e. The SMILES string of the molecule is CNCC1CCN(C(=O)c2cc(F)cc([N+](=O)[O-])c2N)CC1.Cl. The number of likely N-dealkylation sites (tertiary alicyclic amines) is 1. The molecule has 1 aliphatic heterocycles. The van der Waals surface area contributed by atoms with Crippen LogP contribution in [0.3, 0.4) is 0 Å². The molecule has 1 saturated heterocycles. The third kappa shape index (κ3) is 4.29. The second kappa shape index (κ2) is 8.07. The first-order valence-corrected chi connectivity index (χ1v) is 7.11. The molecule has 0 spiro atoms. The number of nitrogens with one attached hydrogen (secondary N) is 1. The monoisotopic (exact) mass is 346 g/mol. The lowest BCUT2D eigenvalue weighted by Gasteiger charge is -2.32. The van der Waals surface area contributed by atoms with E-state index in [9.17, 15) is 19.3 Å². The van der Waals surface area contributed by atoms with E-state index in [4.69, 9.17) is 5.73 Å². The summed E-state index contributed by atoms with van der Waals surface area (Å²) in [6.07, 6.45) is 1.67. The Hall–Kier alpha value is -1.93. The molecule has 7 nitrogen and oxygen atoms in total. The number of hydrogen-bond acceptors (Lipinski definition) is 5. The van der Waals surface area contributed by atoms with Gasteiger partial charge in [0.15, 0.2) is 0 Å². The summed E-state index contributed by atoms with van der Waals surface area (Å²) in [5.74, 6) is -0.800. The average molecular weight is 347 g/mol. The Bertz CT molecular complexity index is 592. The van der Waals surface area contributed by atoms with Gasteiger partial charge in [0, 0.05) is 13.1 Å². The summed E-state index contributed by atoms with van der Waals surface area (Å²) in [6, 6.07) is 1.69. The number of anilines is 1. The molecule has 1 heterocycles. The van der Waals surface area contributed by atoms with E-state index in [1.54, 1.807) is 4.90 Å². The van der Waals surface area contributed by atoms with Crippen molar-refractivity contribution in [2.75, 3.05) is 32.4 Å². The molecule has 1 aromatic carbocycles. The van der Waals surface area contributed by atoms with Crippen LogP contribution in [0.4, 0.5) is 15.8 Å². The van der Waals surface area contributed by atoms with E-state index < -0.39 is 22.3 Å². The van der Waals surface area contributed by atoms with Gasteiger partial charge in [0.25, 0.3) is 11.6 Å². The van der Waals surface area contributed by atoms with Crippen LogP contribution < -0.4 is 11.1 Å². The summed E-state index contributed by atoms with van der Waals surface area (Å²) >= 11 is 0. The number of carbonyl (C=O) groups is 1. The molecule has 0 bridgehead atoms. The average Bonchev–Trinajstić information content (AvgIpc) is 2.49. The Morgan fingerprint density at radius 3 is 2.61 bits per heavy atom. The van der Waals surface area contributed by atoms with Crippen molar-refractivity contribution in [3.8, 4) is 0 Å².